The maximum Gasteiger partial charge on any atom is 0.324 e. The molecular weight excluding hydrogens is 238 g/mol. The summed E-state index contributed by atoms with van der Waals surface area (Å²) in [7, 11) is 1.12. The van der Waals surface area contributed by atoms with Crippen LogP contribution >= 0.6 is 10.7 Å². The van der Waals surface area contributed by atoms with Gasteiger partial charge in [-0.25, -0.2) is 4.31 Å². The number of amides is 1. The first-order chi connectivity index (χ1) is 6.96. The van der Waals surface area contributed by atoms with Crippen LogP contribution in [-0.4, -0.2) is 25.2 Å². The Morgan fingerprint density at radius 1 is 1.33 bits per heavy atom. The van der Waals surface area contributed by atoms with Gasteiger partial charge in [-0.05, 0) is 19.1 Å². The number of halogens is 1. The van der Waals surface area contributed by atoms with E-state index in [-0.39, 0.29) is 6.54 Å². The molecule has 82 valence electrons. The predicted octanol–water partition coefficient (Wildman–Crippen LogP) is 1.63. The van der Waals surface area contributed by atoms with Crippen LogP contribution in [0, 0.1) is 0 Å². The van der Waals surface area contributed by atoms with Crippen molar-refractivity contribution in [3.05, 3.63) is 35.9 Å². The van der Waals surface area contributed by atoms with Crippen LogP contribution < -0.4 is 0 Å². The van der Waals surface area contributed by atoms with Gasteiger partial charge in [-0.2, -0.15) is 8.42 Å². The molecule has 0 heterocycles. The van der Waals surface area contributed by atoms with E-state index < -0.39 is 15.1 Å². The molecule has 0 aromatic heterocycles. The second kappa shape index (κ2) is 4.63. The van der Waals surface area contributed by atoms with Crippen molar-refractivity contribution in [2.24, 2.45) is 0 Å². The van der Waals surface area contributed by atoms with Gasteiger partial charge in [0.2, 0.25) is 0 Å². The summed E-state index contributed by atoms with van der Waals surface area (Å²) >= 11 is 0. The third kappa shape index (κ3) is 2.94. The molecule has 15 heavy (non-hydrogen) atoms. The SMILES string of the molecule is CCN(C(=O)c1ccccc1)S(=O)(=O)Cl. The van der Waals surface area contributed by atoms with E-state index >= 15 is 0 Å². The van der Waals surface area contributed by atoms with Crippen LogP contribution in [0.5, 0.6) is 0 Å². The van der Waals surface area contributed by atoms with E-state index in [1.807, 2.05) is 0 Å². The summed E-state index contributed by atoms with van der Waals surface area (Å²) in [6, 6.07) is 8.12. The molecule has 0 bridgehead atoms. The molecule has 0 fully saturated rings. The maximum absolute atomic E-state index is 11.7. The van der Waals surface area contributed by atoms with Gasteiger partial charge in [0, 0.05) is 22.8 Å². The molecule has 0 saturated heterocycles. The van der Waals surface area contributed by atoms with Gasteiger partial charge in [0.25, 0.3) is 5.91 Å². The Kier molecular flexibility index (Phi) is 3.71. The Morgan fingerprint density at radius 2 is 1.87 bits per heavy atom. The monoisotopic (exact) mass is 247 g/mol. The van der Waals surface area contributed by atoms with Crippen molar-refractivity contribution < 1.29 is 13.2 Å². The first-order valence-electron chi connectivity index (χ1n) is 4.28. The normalized spacial score (nSPS) is 11.1. The molecule has 4 nitrogen and oxygen atoms in total. The molecule has 0 radical (unpaired) electrons. The Balaban J connectivity index is 3.04. The molecule has 6 heteroatoms. The van der Waals surface area contributed by atoms with Crippen LogP contribution in [-0.2, 0) is 9.24 Å². The van der Waals surface area contributed by atoms with E-state index in [4.69, 9.17) is 10.7 Å². The van der Waals surface area contributed by atoms with E-state index in [1.165, 1.54) is 12.1 Å². The second-order valence-electron chi connectivity index (χ2n) is 2.78. The lowest BCUT2D eigenvalue weighted by Gasteiger charge is -2.16. The molecule has 1 aromatic carbocycles. The van der Waals surface area contributed by atoms with E-state index in [0.29, 0.717) is 9.87 Å². The zero-order valence-electron chi connectivity index (χ0n) is 8.05. The number of hydrogen-bond donors (Lipinski definition) is 0. The average molecular weight is 248 g/mol. The van der Waals surface area contributed by atoms with Crippen molar-refractivity contribution in [1.29, 1.82) is 0 Å². The first-order valence-corrected chi connectivity index (χ1v) is 6.55. The van der Waals surface area contributed by atoms with Crippen LogP contribution in [0.4, 0.5) is 0 Å². The van der Waals surface area contributed by atoms with Crippen LogP contribution in [0.1, 0.15) is 17.3 Å². The molecule has 0 atom stereocenters. The van der Waals surface area contributed by atoms with E-state index in [1.54, 1.807) is 25.1 Å². The third-order valence-corrected chi connectivity index (χ3v) is 3.25. The van der Waals surface area contributed by atoms with Crippen molar-refractivity contribution in [3.63, 3.8) is 0 Å². The van der Waals surface area contributed by atoms with Gasteiger partial charge in [-0.3, -0.25) is 4.79 Å². The molecule has 0 N–H and O–H groups in total. The highest BCUT2D eigenvalue weighted by Crippen LogP contribution is 2.11. The van der Waals surface area contributed by atoms with Crippen molar-refractivity contribution in [3.8, 4) is 0 Å². The fraction of sp³-hybridized carbons (Fsp3) is 0.222. The number of benzene rings is 1. The molecule has 0 spiro atoms. The second-order valence-corrected chi connectivity index (χ2v) is 5.21. The predicted molar refractivity (Wildman–Crippen MR) is 57.9 cm³/mol. The zero-order chi connectivity index (χ0) is 11.5. The van der Waals surface area contributed by atoms with Gasteiger partial charge in [-0.15, -0.1) is 0 Å². The topological polar surface area (TPSA) is 54.5 Å². The summed E-state index contributed by atoms with van der Waals surface area (Å²) < 4.78 is 22.7. The molecule has 1 amide bonds. The number of carbonyl (C=O) groups excluding carboxylic acids is 1. The average Bonchev–Trinajstić information content (AvgIpc) is 2.18. The zero-order valence-corrected chi connectivity index (χ0v) is 9.62. The summed E-state index contributed by atoms with van der Waals surface area (Å²) in [5.41, 5.74) is 0.295. The minimum atomic E-state index is -4.01. The van der Waals surface area contributed by atoms with Gasteiger partial charge >= 0.3 is 9.24 Å². The Labute approximate surface area is 93.0 Å². The first kappa shape index (κ1) is 12.0. The Bertz CT molecular complexity index is 444. The lowest BCUT2D eigenvalue weighted by Crippen LogP contribution is -2.33. The summed E-state index contributed by atoms with van der Waals surface area (Å²) in [6.45, 7) is 1.56. The highest BCUT2D eigenvalue weighted by Gasteiger charge is 2.24. The summed E-state index contributed by atoms with van der Waals surface area (Å²) in [5.74, 6) is -0.617. The lowest BCUT2D eigenvalue weighted by atomic mass is 10.2. The fourth-order valence-electron chi connectivity index (χ4n) is 1.12. The number of hydrogen-bond acceptors (Lipinski definition) is 3. The molecule has 0 aliphatic carbocycles. The quantitative estimate of drug-likeness (QED) is 0.763. The molecule has 1 rings (SSSR count). The smallest absolute Gasteiger partial charge is 0.268 e. The van der Waals surface area contributed by atoms with Crippen molar-refractivity contribution in [1.82, 2.24) is 4.31 Å². The van der Waals surface area contributed by atoms with Gasteiger partial charge in [-0.1, -0.05) is 18.2 Å². The summed E-state index contributed by atoms with van der Waals surface area (Å²) in [5, 5.41) is 0. The van der Waals surface area contributed by atoms with Gasteiger partial charge < -0.3 is 0 Å². The molecule has 0 unspecified atom stereocenters. The standard InChI is InChI=1S/C9H10ClNO3S/c1-2-11(15(10,13)14)9(12)8-6-4-3-5-7-8/h3-7H,2H2,1H3. The number of nitrogens with zero attached hydrogens (tertiary/aromatic N) is 1. The highest BCUT2D eigenvalue weighted by molar-refractivity contribution is 8.12. The van der Waals surface area contributed by atoms with Crippen molar-refractivity contribution in [2.45, 2.75) is 6.92 Å². The minimum Gasteiger partial charge on any atom is -0.268 e. The largest absolute Gasteiger partial charge is 0.324 e. The molecular formula is C9H10ClNO3S. The van der Waals surface area contributed by atoms with Crippen LogP contribution in [0.3, 0.4) is 0 Å². The van der Waals surface area contributed by atoms with Crippen molar-refractivity contribution >= 4 is 25.8 Å². The molecule has 0 aliphatic heterocycles. The molecule has 1 aromatic rings. The summed E-state index contributed by atoms with van der Waals surface area (Å²) in [4.78, 5) is 11.7. The molecule has 0 saturated carbocycles. The number of rotatable bonds is 3. The van der Waals surface area contributed by atoms with Crippen LogP contribution in [0.2, 0.25) is 0 Å². The van der Waals surface area contributed by atoms with Crippen molar-refractivity contribution in [2.75, 3.05) is 6.54 Å². The lowest BCUT2D eigenvalue weighted by molar-refractivity contribution is 0.0868. The van der Waals surface area contributed by atoms with Crippen LogP contribution in [0.25, 0.3) is 0 Å². The highest BCUT2D eigenvalue weighted by atomic mass is 35.7. The summed E-state index contributed by atoms with van der Waals surface area (Å²) in [6.07, 6.45) is 0. The molecule has 0 aliphatic rings. The van der Waals surface area contributed by atoms with E-state index in [0.717, 1.165) is 0 Å². The van der Waals surface area contributed by atoms with Gasteiger partial charge in [0.1, 0.15) is 0 Å². The number of carbonyl (C=O) groups is 1. The van der Waals surface area contributed by atoms with Crippen LogP contribution in [0.15, 0.2) is 30.3 Å². The van der Waals surface area contributed by atoms with Gasteiger partial charge in [0.05, 0.1) is 0 Å². The fourth-order valence-corrected chi connectivity index (χ4v) is 2.21. The van der Waals surface area contributed by atoms with E-state index in [9.17, 15) is 13.2 Å². The Morgan fingerprint density at radius 3 is 2.27 bits per heavy atom. The van der Waals surface area contributed by atoms with Gasteiger partial charge in [0.15, 0.2) is 0 Å². The Hall–Kier alpha value is -1.07. The maximum atomic E-state index is 11.7. The van der Waals surface area contributed by atoms with E-state index in [2.05, 4.69) is 0 Å². The third-order valence-electron chi connectivity index (χ3n) is 1.80. The minimum absolute atomic E-state index is 0.0135.